The van der Waals surface area contributed by atoms with Gasteiger partial charge in [0, 0.05) is 17.3 Å². The maximum Gasteiger partial charge on any atom is 0.278 e. The fraction of sp³-hybridized carbons (Fsp3) is 0.231. The van der Waals surface area contributed by atoms with Crippen LogP contribution in [0.25, 0.3) is 0 Å². The summed E-state index contributed by atoms with van der Waals surface area (Å²) in [6.45, 7) is 3.73. The van der Waals surface area contributed by atoms with Gasteiger partial charge < -0.3 is 5.32 Å². The van der Waals surface area contributed by atoms with Crippen LogP contribution in [0, 0.1) is 0 Å². The van der Waals surface area contributed by atoms with Crippen LogP contribution in [0.1, 0.15) is 24.2 Å². The van der Waals surface area contributed by atoms with Gasteiger partial charge in [0.2, 0.25) is 0 Å². The molecule has 0 unspecified atom stereocenters. The molecule has 1 aromatic heterocycles. The van der Waals surface area contributed by atoms with E-state index >= 15 is 0 Å². The Hall–Kier alpha value is -2.35. The summed E-state index contributed by atoms with van der Waals surface area (Å²) >= 11 is 0. The van der Waals surface area contributed by atoms with Crippen molar-refractivity contribution in [2.45, 2.75) is 24.9 Å². The summed E-state index contributed by atoms with van der Waals surface area (Å²) in [7, 11) is -3.69. The Bertz CT molecular complexity index is 706. The van der Waals surface area contributed by atoms with Gasteiger partial charge in [-0.1, -0.05) is 0 Å². The van der Waals surface area contributed by atoms with Crippen molar-refractivity contribution < 1.29 is 13.2 Å². The van der Waals surface area contributed by atoms with E-state index in [-0.39, 0.29) is 17.0 Å². The van der Waals surface area contributed by atoms with Crippen LogP contribution in [0.15, 0.2) is 41.6 Å². The van der Waals surface area contributed by atoms with Crippen LogP contribution in [-0.2, 0) is 10.0 Å². The zero-order valence-corrected chi connectivity index (χ0v) is 12.4. The molecule has 1 aromatic carbocycles. The fourth-order valence-electron chi connectivity index (χ4n) is 1.64. The lowest BCUT2D eigenvalue weighted by molar-refractivity contribution is 0.0943. The minimum atomic E-state index is -3.69. The fourth-order valence-corrected chi connectivity index (χ4v) is 2.61. The zero-order chi connectivity index (χ0) is 15.5. The number of nitrogens with zero attached hydrogens (tertiary/aromatic N) is 1. The van der Waals surface area contributed by atoms with Gasteiger partial charge in [0.1, 0.15) is 0 Å². The summed E-state index contributed by atoms with van der Waals surface area (Å²) < 4.78 is 26.3. The molecule has 0 saturated heterocycles. The molecule has 7 nitrogen and oxygen atoms in total. The number of hydrogen-bond donors (Lipinski definition) is 3. The Labute approximate surface area is 122 Å². The van der Waals surface area contributed by atoms with Crippen LogP contribution in [0.3, 0.4) is 0 Å². The van der Waals surface area contributed by atoms with E-state index in [2.05, 4.69) is 20.2 Å². The van der Waals surface area contributed by atoms with Gasteiger partial charge in [-0.05, 0) is 44.2 Å². The lowest BCUT2D eigenvalue weighted by Crippen LogP contribution is -2.30. The molecule has 2 aromatic rings. The number of carbonyl (C=O) groups is 1. The molecule has 112 valence electrons. The van der Waals surface area contributed by atoms with Gasteiger partial charge in [0.05, 0.1) is 6.20 Å². The van der Waals surface area contributed by atoms with E-state index in [4.69, 9.17) is 0 Å². The van der Waals surface area contributed by atoms with Crippen LogP contribution in [-0.4, -0.2) is 30.6 Å². The lowest BCUT2D eigenvalue weighted by Gasteiger charge is -2.09. The average Bonchev–Trinajstić information content (AvgIpc) is 2.93. The largest absolute Gasteiger partial charge is 0.350 e. The quantitative estimate of drug-likeness (QED) is 0.775. The molecule has 8 heteroatoms. The summed E-state index contributed by atoms with van der Waals surface area (Å²) in [4.78, 5) is 11.8. The second kappa shape index (κ2) is 5.96. The third-order valence-corrected chi connectivity index (χ3v) is 3.89. The van der Waals surface area contributed by atoms with Gasteiger partial charge in [-0.3, -0.25) is 14.6 Å². The smallest absolute Gasteiger partial charge is 0.278 e. The minimum absolute atomic E-state index is 0.0240. The Kier molecular flexibility index (Phi) is 4.27. The number of carbonyl (C=O) groups excluding carboxylic acids is 1. The Balaban J connectivity index is 2.11. The van der Waals surface area contributed by atoms with E-state index in [1.807, 2.05) is 13.8 Å². The summed E-state index contributed by atoms with van der Waals surface area (Å²) in [5.74, 6) is -0.201. The van der Waals surface area contributed by atoms with E-state index in [1.54, 1.807) is 12.1 Å². The number of nitrogens with one attached hydrogen (secondary N) is 3. The molecule has 0 saturated carbocycles. The zero-order valence-electron chi connectivity index (χ0n) is 11.6. The molecule has 2 rings (SSSR count). The van der Waals surface area contributed by atoms with Crippen LogP contribution in [0.2, 0.25) is 0 Å². The molecule has 1 amide bonds. The molecule has 0 radical (unpaired) electrons. The third-order valence-electron chi connectivity index (χ3n) is 2.58. The molecule has 0 aliphatic rings. The number of benzene rings is 1. The van der Waals surface area contributed by atoms with Crippen molar-refractivity contribution in [2.75, 3.05) is 4.72 Å². The predicted octanol–water partition coefficient (Wildman–Crippen LogP) is 1.35. The molecule has 1 heterocycles. The maximum absolute atomic E-state index is 12.0. The van der Waals surface area contributed by atoms with E-state index in [0.29, 0.717) is 11.3 Å². The number of H-pyrrole nitrogens is 1. The SMILES string of the molecule is CC(C)NC(=O)c1ccc(NS(=O)(=O)c2ccn[nH]2)cc1. The highest BCUT2D eigenvalue weighted by Crippen LogP contribution is 2.15. The highest BCUT2D eigenvalue weighted by molar-refractivity contribution is 7.92. The molecule has 0 fully saturated rings. The summed E-state index contributed by atoms with van der Waals surface area (Å²) in [5.41, 5.74) is 0.832. The van der Waals surface area contributed by atoms with E-state index in [0.717, 1.165) is 0 Å². The van der Waals surface area contributed by atoms with Crippen molar-refractivity contribution in [1.82, 2.24) is 15.5 Å². The molecule has 21 heavy (non-hydrogen) atoms. The van der Waals surface area contributed by atoms with Crippen LogP contribution in [0.4, 0.5) is 5.69 Å². The molecule has 0 aliphatic heterocycles. The molecule has 0 spiro atoms. The predicted molar refractivity (Wildman–Crippen MR) is 78.4 cm³/mol. The topological polar surface area (TPSA) is 104 Å². The van der Waals surface area contributed by atoms with Gasteiger partial charge in [-0.25, -0.2) is 0 Å². The summed E-state index contributed by atoms with van der Waals surface area (Å²) in [6.07, 6.45) is 1.36. The van der Waals surface area contributed by atoms with E-state index in [9.17, 15) is 13.2 Å². The normalized spacial score (nSPS) is 11.4. The molecular formula is C13H16N4O3S. The highest BCUT2D eigenvalue weighted by atomic mass is 32.2. The molecule has 0 atom stereocenters. The summed E-state index contributed by atoms with van der Waals surface area (Å²) in [5, 5.41) is 8.72. The number of sulfonamides is 1. The molecule has 0 bridgehead atoms. The first-order valence-corrected chi connectivity index (χ1v) is 7.80. The summed E-state index contributed by atoms with van der Waals surface area (Å²) in [6, 6.07) is 7.57. The second-order valence-electron chi connectivity index (χ2n) is 4.73. The van der Waals surface area contributed by atoms with Crippen molar-refractivity contribution in [3.8, 4) is 0 Å². The highest BCUT2D eigenvalue weighted by Gasteiger charge is 2.15. The third kappa shape index (κ3) is 3.82. The number of aromatic amines is 1. The van der Waals surface area contributed by atoms with Crippen molar-refractivity contribution in [1.29, 1.82) is 0 Å². The van der Waals surface area contributed by atoms with Crippen molar-refractivity contribution in [3.05, 3.63) is 42.1 Å². The van der Waals surface area contributed by atoms with Crippen LogP contribution >= 0.6 is 0 Å². The monoisotopic (exact) mass is 308 g/mol. The standard InChI is InChI=1S/C13H16N4O3S/c1-9(2)15-13(18)10-3-5-11(6-4-10)17-21(19,20)12-7-8-14-16-12/h3-9,17H,1-2H3,(H,14,16)(H,15,18). The van der Waals surface area contributed by atoms with Crippen LogP contribution in [0.5, 0.6) is 0 Å². The number of aromatic nitrogens is 2. The average molecular weight is 308 g/mol. The Morgan fingerprint density at radius 2 is 1.86 bits per heavy atom. The molecular weight excluding hydrogens is 292 g/mol. The first-order chi connectivity index (χ1) is 9.88. The minimum Gasteiger partial charge on any atom is -0.350 e. The number of rotatable bonds is 5. The lowest BCUT2D eigenvalue weighted by atomic mass is 10.2. The van der Waals surface area contributed by atoms with Crippen LogP contribution < -0.4 is 10.0 Å². The maximum atomic E-state index is 12.0. The van der Waals surface area contributed by atoms with Crippen molar-refractivity contribution in [3.63, 3.8) is 0 Å². The van der Waals surface area contributed by atoms with Crippen molar-refractivity contribution in [2.24, 2.45) is 0 Å². The van der Waals surface area contributed by atoms with Crippen molar-refractivity contribution >= 4 is 21.6 Å². The Morgan fingerprint density at radius 1 is 1.19 bits per heavy atom. The number of amides is 1. The molecule has 0 aliphatic carbocycles. The van der Waals surface area contributed by atoms with Gasteiger partial charge in [0.25, 0.3) is 15.9 Å². The van der Waals surface area contributed by atoms with E-state index in [1.165, 1.54) is 24.4 Å². The number of hydrogen-bond acceptors (Lipinski definition) is 4. The van der Waals surface area contributed by atoms with Gasteiger partial charge in [0.15, 0.2) is 5.03 Å². The second-order valence-corrected chi connectivity index (χ2v) is 6.38. The van der Waals surface area contributed by atoms with Gasteiger partial charge >= 0.3 is 0 Å². The van der Waals surface area contributed by atoms with Gasteiger partial charge in [-0.15, -0.1) is 0 Å². The van der Waals surface area contributed by atoms with E-state index < -0.39 is 10.0 Å². The number of anilines is 1. The van der Waals surface area contributed by atoms with Gasteiger partial charge in [-0.2, -0.15) is 13.5 Å². The first kappa shape index (κ1) is 15.0. The first-order valence-electron chi connectivity index (χ1n) is 6.31. The Morgan fingerprint density at radius 3 is 2.38 bits per heavy atom. The molecule has 3 N–H and O–H groups in total.